The van der Waals surface area contributed by atoms with Crippen molar-refractivity contribution in [3.05, 3.63) is 41.3 Å². The number of nitrogens with zero attached hydrogens (tertiary/aromatic N) is 2. The molecule has 5 nitrogen and oxygen atoms in total. The number of carboxylic acids is 1. The van der Waals surface area contributed by atoms with Crippen molar-refractivity contribution in [3.8, 4) is 0 Å². The van der Waals surface area contributed by atoms with Crippen LogP contribution in [0.1, 0.15) is 21.6 Å². The summed E-state index contributed by atoms with van der Waals surface area (Å²) in [6.45, 7) is 4.01. The SMILES string of the molecule is Cc1cc(C)cc(N(C)c2nc(C(=O)O)co2)c1. The molecule has 0 amide bonds. The number of aromatic nitrogens is 1. The Kier molecular flexibility index (Phi) is 3.06. The molecule has 0 aliphatic carbocycles. The van der Waals surface area contributed by atoms with E-state index in [4.69, 9.17) is 9.52 Å². The third kappa shape index (κ3) is 2.34. The Labute approximate surface area is 105 Å². The smallest absolute Gasteiger partial charge is 0.357 e. The van der Waals surface area contributed by atoms with Gasteiger partial charge in [-0.3, -0.25) is 4.90 Å². The average Bonchev–Trinajstić information content (AvgIpc) is 2.75. The maximum Gasteiger partial charge on any atom is 0.357 e. The second-order valence-corrected chi connectivity index (χ2v) is 4.23. The van der Waals surface area contributed by atoms with Gasteiger partial charge in [-0.25, -0.2) is 4.79 Å². The molecule has 1 heterocycles. The lowest BCUT2D eigenvalue weighted by molar-refractivity contribution is 0.0690. The van der Waals surface area contributed by atoms with Gasteiger partial charge < -0.3 is 9.52 Å². The molecule has 0 aliphatic heterocycles. The molecular weight excluding hydrogens is 232 g/mol. The molecule has 1 aromatic heterocycles. The van der Waals surface area contributed by atoms with E-state index >= 15 is 0 Å². The summed E-state index contributed by atoms with van der Waals surface area (Å²) in [4.78, 5) is 16.4. The first-order chi connectivity index (χ1) is 8.47. The Morgan fingerprint density at radius 2 is 1.89 bits per heavy atom. The molecule has 0 saturated heterocycles. The molecule has 0 bridgehead atoms. The predicted molar refractivity (Wildman–Crippen MR) is 67.4 cm³/mol. The highest BCUT2D eigenvalue weighted by Gasteiger charge is 2.15. The Hall–Kier alpha value is -2.30. The molecule has 18 heavy (non-hydrogen) atoms. The summed E-state index contributed by atoms with van der Waals surface area (Å²) < 4.78 is 5.16. The highest BCUT2D eigenvalue weighted by Crippen LogP contribution is 2.24. The van der Waals surface area contributed by atoms with Crippen LogP contribution in [0.5, 0.6) is 0 Å². The summed E-state index contributed by atoms with van der Waals surface area (Å²) >= 11 is 0. The van der Waals surface area contributed by atoms with Crippen LogP contribution in [0.25, 0.3) is 0 Å². The minimum atomic E-state index is -1.10. The maximum absolute atomic E-state index is 10.7. The normalized spacial score (nSPS) is 10.4. The number of rotatable bonds is 3. The molecule has 0 saturated carbocycles. The van der Waals surface area contributed by atoms with Gasteiger partial charge in [0, 0.05) is 12.7 Å². The van der Waals surface area contributed by atoms with Crippen molar-refractivity contribution in [2.45, 2.75) is 13.8 Å². The standard InChI is InChI=1S/C13H14N2O3/c1-8-4-9(2)6-10(5-8)15(3)13-14-11(7-18-13)12(16)17/h4-7H,1-3H3,(H,16,17). The number of anilines is 2. The Morgan fingerprint density at radius 1 is 1.28 bits per heavy atom. The second kappa shape index (κ2) is 4.52. The topological polar surface area (TPSA) is 66.6 Å². The average molecular weight is 246 g/mol. The van der Waals surface area contributed by atoms with Crippen LogP contribution < -0.4 is 4.90 Å². The third-order valence-corrected chi connectivity index (χ3v) is 2.59. The fourth-order valence-electron chi connectivity index (χ4n) is 1.77. The Bertz CT molecular complexity index is 569. The largest absolute Gasteiger partial charge is 0.476 e. The van der Waals surface area contributed by atoms with Gasteiger partial charge in [-0.2, -0.15) is 4.98 Å². The van der Waals surface area contributed by atoms with Gasteiger partial charge in [0.2, 0.25) is 0 Å². The van der Waals surface area contributed by atoms with E-state index in [0.717, 1.165) is 23.1 Å². The summed E-state index contributed by atoms with van der Waals surface area (Å²) in [6.07, 6.45) is 1.14. The summed E-state index contributed by atoms with van der Waals surface area (Å²) in [5, 5.41) is 8.80. The van der Waals surface area contributed by atoms with Gasteiger partial charge in [-0.1, -0.05) is 6.07 Å². The van der Waals surface area contributed by atoms with Crippen molar-refractivity contribution in [2.24, 2.45) is 0 Å². The zero-order chi connectivity index (χ0) is 13.3. The predicted octanol–water partition coefficient (Wildman–Crippen LogP) is 2.76. The molecule has 0 unspecified atom stereocenters. The van der Waals surface area contributed by atoms with E-state index in [2.05, 4.69) is 11.1 Å². The van der Waals surface area contributed by atoms with E-state index in [1.807, 2.05) is 26.0 Å². The van der Waals surface area contributed by atoms with E-state index in [1.54, 1.807) is 11.9 Å². The van der Waals surface area contributed by atoms with Gasteiger partial charge in [0.15, 0.2) is 5.69 Å². The van der Waals surface area contributed by atoms with Gasteiger partial charge in [0.05, 0.1) is 0 Å². The van der Waals surface area contributed by atoms with Crippen molar-refractivity contribution in [1.29, 1.82) is 0 Å². The van der Waals surface area contributed by atoms with E-state index in [9.17, 15) is 4.79 Å². The van der Waals surface area contributed by atoms with Gasteiger partial charge in [0.1, 0.15) is 6.26 Å². The molecule has 5 heteroatoms. The van der Waals surface area contributed by atoms with Crippen LogP contribution in [0.3, 0.4) is 0 Å². The first-order valence-electron chi connectivity index (χ1n) is 5.48. The number of hydrogen-bond donors (Lipinski definition) is 1. The van der Waals surface area contributed by atoms with Crippen molar-refractivity contribution in [3.63, 3.8) is 0 Å². The monoisotopic (exact) mass is 246 g/mol. The molecule has 2 aromatic rings. The number of hydrogen-bond acceptors (Lipinski definition) is 4. The van der Waals surface area contributed by atoms with Crippen LogP contribution in [0.2, 0.25) is 0 Å². The minimum absolute atomic E-state index is 0.0961. The number of carboxylic acid groups (broad SMARTS) is 1. The molecule has 1 N–H and O–H groups in total. The number of aromatic carboxylic acids is 1. The molecule has 0 fully saturated rings. The van der Waals surface area contributed by atoms with Gasteiger partial charge >= 0.3 is 12.0 Å². The lowest BCUT2D eigenvalue weighted by Crippen LogP contribution is -2.10. The number of oxazole rings is 1. The third-order valence-electron chi connectivity index (χ3n) is 2.59. The van der Waals surface area contributed by atoms with Gasteiger partial charge in [-0.05, 0) is 37.1 Å². The first-order valence-corrected chi connectivity index (χ1v) is 5.48. The van der Waals surface area contributed by atoms with E-state index < -0.39 is 5.97 Å². The second-order valence-electron chi connectivity index (χ2n) is 4.23. The molecular formula is C13H14N2O3. The van der Waals surface area contributed by atoms with E-state index in [1.165, 1.54) is 0 Å². The molecule has 2 rings (SSSR count). The summed E-state index contributed by atoms with van der Waals surface area (Å²) in [5.41, 5.74) is 3.07. The van der Waals surface area contributed by atoms with Crippen molar-refractivity contribution >= 4 is 17.7 Å². The van der Waals surface area contributed by atoms with Crippen LogP contribution >= 0.6 is 0 Å². The van der Waals surface area contributed by atoms with Crippen LogP contribution in [-0.4, -0.2) is 23.1 Å². The summed E-state index contributed by atoms with van der Waals surface area (Å²) in [5.74, 6) is -1.10. The fourth-order valence-corrected chi connectivity index (χ4v) is 1.77. The minimum Gasteiger partial charge on any atom is -0.476 e. The zero-order valence-corrected chi connectivity index (χ0v) is 10.5. The van der Waals surface area contributed by atoms with Gasteiger partial charge in [0.25, 0.3) is 0 Å². The molecule has 0 atom stereocenters. The first kappa shape index (κ1) is 12.2. The van der Waals surface area contributed by atoms with Crippen LogP contribution in [0.15, 0.2) is 28.9 Å². The lowest BCUT2D eigenvalue weighted by atomic mass is 10.1. The molecule has 1 aromatic carbocycles. The summed E-state index contributed by atoms with van der Waals surface area (Å²) in [7, 11) is 1.78. The molecule has 0 radical (unpaired) electrons. The van der Waals surface area contributed by atoms with Crippen LogP contribution in [-0.2, 0) is 0 Å². The highest BCUT2D eigenvalue weighted by molar-refractivity contribution is 5.85. The summed E-state index contributed by atoms with van der Waals surface area (Å²) in [6, 6.07) is 6.29. The van der Waals surface area contributed by atoms with Crippen LogP contribution in [0, 0.1) is 13.8 Å². The number of carbonyl (C=O) groups is 1. The van der Waals surface area contributed by atoms with Crippen molar-refractivity contribution in [2.75, 3.05) is 11.9 Å². The quantitative estimate of drug-likeness (QED) is 0.901. The van der Waals surface area contributed by atoms with Crippen molar-refractivity contribution in [1.82, 2.24) is 4.98 Å². The van der Waals surface area contributed by atoms with E-state index in [0.29, 0.717) is 0 Å². The number of aryl methyl sites for hydroxylation is 2. The maximum atomic E-state index is 10.7. The highest BCUT2D eigenvalue weighted by atomic mass is 16.4. The molecule has 0 spiro atoms. The number of benzene rings is 1. The lowest BCUT2D eigenvalue weighted by Gasteiger charge is -2.15. The zero-order valence-electron chi connectivity index (χ0n) is 10.5. The van der Waals surface area contributed by atoms with Crippen LogP contribution in [0.4, 0.5) is 11.7 Å². The van der Waals surface area contributed by atoms with Crippen molar-refractivity contribution < 1.29 is 14.3 Å². The Morgan fingerprint density at radius 3 is 2.39 bits per heavy atom. The Balaban J connectivity index is 2.34. The molecule has 94 valence electrons. The van der Waals surface area contributed by atoms with Gasteiger partial charge in [-0.15, -0.1) is 0 Å². The van der Waals surface area contributed by atoms with E-state index in [-0.39, 0.29) is 11.7 Å². The molecule has 0 aliphatic rings. The fraction of sp³-hybridized carbons (Fsp3) is 0.231.